The Labute approximate surface area is 96.9 Å². The Morgan fingerprint density at radius 1 is 1.47 bits per heavy atom. The molecule has 0 saturated heterocycles. The van der Waals surface area contributed by atoms with Crippen molar-refractivity contribution in [3.63, 3.8) is 0 Å². The van der Waals surface area contributed by atoms with Crippen LogP contribution in [0.4, 0.5) is 0 Å². The standard InChI is InChI=1S/C10H8Cl2O3/c1-2-15-10(14)8-7(11)4-3-6(5-13)9(8)12/h3-5H,2H2,1H3. The van der Waals surface area contributed by atoms with Crippen molar-refractivity contribution in [3.05, 3.63) is 33.3 Å². The largest absolute Gasteiger partial charge is 0.462 e. The van der Waals surface area contributed by atoms with Crippen LogP contribution in [0.1, 0.15) is 27.6 Å². The van der Waals surface area contributed by atoms with Gasteiger partial charge in [-0.15, -0.1) is 0 Å². The summed E-state index contributed by atoms with van der Waals surface area (Å²) in [5.41, 5.74) is 0.244. The van der Waals surface area contributed by atoms with Crippen molar-refractivity contribution in [1.29, 1.82) is 0 Å². The van der Waals surface area contributed by atoms with Crippen LogP contribution in [0.25, 0.3) is 0 Å². The first-order chi connectivity index (χ1) is 7.11. The molecular formula is C10H8Cl2O3. The van der Waals surface area contributed by atoms with E-state index in [1.807, 2.05) is 0 Å². The van der Waals surface area contributed by atoms with Gasteiger partial charge in [0.1, 0.15) is 0 Å². The van der Waals surface area contributed by atoms with Crippen LogP contribution in [0.2, 0.25) is 10.0 Å². The molecule has 0 aliphatic heterocycles. The maximum atomic E-state index is 11.4. The van der Waals surface area contributed by atoms with Crippen molar-refractivity contribution in [2.24, 2.45) is 0 Å². The first-order valence-electron chi connectivity index (χ1n) is 4.22. The van der Waals surface area contributed by atoms with Gasteiger partial charge >= 0.3 is 5.97 Å². The third kappa shape index (κ3) is 2.49. The average molecular weight is 247 g/mol. The van der Waals surface area contributed by atoms with Crippen LogP contribution >= 0.6 is 23.2 Å². The maximum Gasteiger partial charge on any atom is 0.341 e. The van der Waals surface area contributed by atoms with Crippen LogP contribution in [0, 0.1) is 0 Å². The Kier molecular flexibility index (Phi) is 4.12. The highest BCUT2D eigenvalue weighted by atomic mass is 35.5. The summed E-state index contributed by atoms with van der Waals surface area (Å²) in [6.45, 7) is 1.89. The van der Waals surface area contributed by atoms with Crippen LogP contribution in [0.3, 0.4) is 0 Å². The molecule has 5 heteroatoms. The molecule has 0 unspecified atom stereocenters. The molecule has 0 aliphatic rings. The molecule has 1 rings (SSSR count). The number of benzene rings is 1. The summed E-state index contributed by atoms with van der Waals surface area (Å²) in [6, 6.07) is 2.88. The minimum absolute atomic E-state index is 0.0240. The zero-order valence-corrected chi connectivity index (χ0v) is 9.43. The van der Waals surface area contributed by atoms with E-state index >= 15 is 0 Å². The van der Waals surface area contributed by atoms with E-state index in [0.717, 1.165) is 0 Å². The van der Waals surface area contributed by atoms with Crippen molar-refractivity contribution in [2.75, 3.05) is 6.61 Å². The summed E-state index contributed by atoms with van der Waals surface area (Å²) < 4.78 is 4.77. The van der Waals surface area contributed by atoms with E-state index in [0.29, 0.717) is 6.29 Å². The molecule has 15 heavy (non-hydrogen) atoms. The number of aldehydes is 1. The summed E-state index contributed by atoms with van der Waals surface area (Å²) in [7, 11) is 0. The normalized spacial score (nSPS) is 9.80. The first kappa shape index (κ1) is 12.0. The monoisotopic (exact) mass is 246 g/mol. The molecule has 0 spiro atoms. The third-order valence-electron chi connectivity index (χ3n) is 1.73. The Morgan fingerprint density at radius 2 is 2.13 bits per heavy atom. The molecule has 0 N–H and O–H groups in total. The van der Waals surface area contributed by atoms with Gasteiger partial charge in [-0.25, -0.2) is 4.79 Å². The Hall–Kier alpha value is -1.06. The second-order valence-electron chi connectivity index (χ2n) is 2.66. The fourth-order valence-corrected chi connectivity index (χ4v) is 1.62. The van der Waals surface area contributed by atoms with Gasteiger partial charge in [-0.2, -0.15) is 0 Å². The van der Waals surface area contributed by atoms with Crippen LogP contribution in [0.15, 0.2) is 12.1 Å². The number of halogens is 2. The lowest BCUT2D eigenvalue weighted by molar-refractivity contribution is 0.0527. The molecular weight excluding hydrogens is 239 g/mol. The molecule has 0 aliphatic carbocycles. The summed E-state index contributed by atoms with van der Waals surface area (Å²) in [5.74, 6) is -0.629. The van der Waals surface area contributed by atoms with Gasteiger partial charge < -0.3 is 4.74 Å². The molecule has 1 aromatic carbocycles. The molecule has 0 fully saturated rings. The van der Waals surface area contributed by atoms with Gasteiger partial charge in [0.2, 0.25) is 0 Å². The molecule has 3 nitrogen and oxygen atoms in total. The summed E-state index contributed by atoms with van der Waals surface area (Å²) >= 11 is 11.6. The van der Waals surface area contributed by atoms with Gasteiger partial charge in [0, 0.05) is 5.56 Å². The van der Waals surface area contributed by atoms with Gasteiger partial charge in [0.25, 0.3) is 0 Å². The lowest BCUT2D eigenvalue weighted by atomic mass is 10.1. The molecule has 1 aromatic rings. The second-order valence-corrected chi connectivity index (χ2v) is 3.45. The molecule has 80 valence electrons. The Morgan fingerprint density at radius 3 is 2.67 bits per heavy atom. The van der Waals surface area contributed by atoms with Crippen LogP contribution < -0.4 is 0 Å². The lowest BCUT2D eigenvalue weighted by Crippen LogP contribution is -2.07. The Bertz CT molecular complexity index is 402. The first-order valence-corrected chi connectivity index (χ1v) is 4.97. The third-order valence-corrected chi connectivity index (χ3v) is 2.45. The van der Waals surface area contributed by atoms with Crippen LogP contribution in [-0.2, 0) is 4.74 Å². The number of carbonyl (C=O) groups excluding carboxylic acids is 2. The van der Waals surface area contributed by atoms with Gasteiger partial charge in [0.05, 0.1) is 22.2 Å². The van der Waals surface area contributed by atoms with E-state index in [1.165, 1.54) is 12.1 Å². The van der Waals surface area contributed by atoms with Crippen molar-refractivity contribution >= 4 is 35.5 Å². The number of hydrogen-bond donors (Lipinski definition) is 0. The zero-order chi connectivity index (χ0) is 11.4. The van der Waals surface area contributed by atoms with E-state index < -0.39 is 5.97 Å². The average Bonchev–Trinajstić information content (AvgIpc) is 2.18. The molecule has 0 bridgehead atoms. The maximum absolute atomic E-state index is 11.4. The topological polar surface area (TPSA) is 43.4 Å². The number of esters is 1. The summed E-state index contributed by atoms with van der Waals surface area (Å²) in [4.78, 5) is 22.0. The number of carbonyl (C=O) groups is 2. The highest BCUT2D eigenvalue weighted by molar-refractivity contribution is 6.40. The quantitative estimate of drug-likeness (QED) is 0.609. The van der Waals surface area contributed by atoms with Crippen molar-refractivity contribution in [1.82, 2.24) is 0 Å². The minimum atomic E-state index is -0.629. The molecule has 0 saturated carbocycles. The second kappa shape index (κ2) is 5.14. The Balaban J connectivity index is 3.26. The predicted molar refractivity (Wildman–Crippen MR) is 57.8 cm³/mol. The molecule has 0 heterocycles. The van der Waals surface area contributed by atoms with E-state index in [-0.39, 0.29) is 27.8 Å². The van der Waals surface area contributed by atoms with Crippen LogP contribution in [-0.4, -0.2) is 18.9 Å². The van der Waals surface area contributed by atoms with Crippen molar-refractivity contribution in [3.8, 4) is 0 Å². The fraction of sp³-hybridized carbons (Fsp3) is 0.200. The van der Waals surface area contributed by atoms with E-state index in [1.54, 1.807) is 6.92 Å². The molecule has 0 amide bonds. The molecule has 0 aromatic heterocycles. The van der Waals surface area contributed by atoms with Crippen molar-refractivity contribution in [2.45, 2.75) is 6.92 Å². The van der Waals surface area contributed by atoms with Gasteiger partial charge in [-0.3, -0.25) is 4.79 Å². The van der Waals surface area contributed by atoms with E-state index in [4.69, 9.17) is 27.9 Å². The van der Waals surface area contributed by atoms with Crippen LogP contribution in [0.5, 0.6) is 0 Å². The zero-order valence-electron chi connectivity index (χ0n) is 7.92. The highest BCUT2D eigenvalue weighted by Gasteiger charge is 2.18. The smallest absolute Gasteiger partial charge is 0.341 e. The summed E-state index contributed by atoms with van der Waals surface area (Å²) in [6.07, 6.45) is 0.557. The highest BCUT2D eigenvalue weighted by Crippen LogP contribution is 2.27. The van der Waals surface area contributed by atoms with E-state index in [2.05, 4.69) is 0 Å². The number of rotatable bonds is 3. The fourth-order valence-electron chi connectivity index (χ4n) is 1.05. The van der Waals surface area contributed by atoms with Gasteiger partial charge in [-0.05, 0) is 19.1 Å². The molecule has 0 radical (unpaired) electrons. The minimum Gasteiger partial charge on any atom is -0.462 e. The van der Waals surface area contributed by atoms with Gasteiger partial charge in [0.15, 0.2) is 6.29 Å². The lowest BCUT2D eigenvalue weighted by Gasteiger charge is -2.07. The number of hydrogen-bond acceptors (Lipinski definition) is 3. The van der Waals surface area contributed by atoms with Gasteiger partial charge in [-0.1, -0.05) is 23.2 Å². The SMILES string of the molecule is CCOC(=O)c1c(Cl)ccc(C=O)c1Cl. The number of ether oxygens (including phenoxy) is 1. The molecule has 0 atom stereocenters. The van der Waals surface area contributed by atoms with Crippen molar-refractivity contribution < 1.29 is 14.3 Å². The predicted octanol–water partition coefficient (Wildman–Crippen LogP) is 2.98. The van der Waals surface area contributed by atoms with E-state index in [9.17, 15) is 9.59 Å². The summed E-state index contributed by atoms with van der Waals surface area (Å²) in [5, 5.41) is 0.194.